The molecule has 0 saturated carbocycles. The second-order valence-corrected chi connectivity index (χ2v) is 5.22. The first-order chi connectivity index (χ1) is 11.1. The molecule has 2 aromatic carbocycles. The molecule has 0 aliphatic heterocycles. The van der Waals surface area contributed by atoms with Crippen LogP contribution in [0.1, 0.15) is 5.56 Å². The second-order valence-electron chi connectivity index (χ2n) is 4.38. The zero-order chi connectivity index (χ0) is 16.7. The van der Waals surface area contributed by atoms with Crippen LogP contribution in [-0.4, -0.2) is 19.2 Å². The Bertz CT molecular complexity index is 727. The summed E-state index contributed by atoms with van der Waals surface area (Å²) < 4.78 is 10.5. The summed E-state index contributed by atoms with van der Waals surface area (Å²) in [5.74, 6) is 0.835. The van der Waals surface area contributed by atoms with E-state index in [1.165, 1.54) is 0 Å². The number of hydrogen-bond acceptors (Lipinski definition) is 4. The van der Waals surface area contributed by atoms with Crippen LogP contribution < -0.4 is 14.8 Å². The minimum atomic E-state index is -0.611. The number of amides is 1. The van der Waals surface area contributed by atoms with Crippen LogP contribution >= 0.6 is 23.2 Å². The molecule has 1 amide bonds. The number of nitrogens with zero attached hydrogens (tertiary/aromatic N) is 1. The summed E-state index contributed by atoms with van der Waals surface area (Å²) in [4.78, 5) is 11.6. The van der Waals surface area contributed by atoms with Gasteiger partial charge in [0.2, 0.25) is 0 Å². The second kappa shape index (κ2) is 8.28. The van der Waals surface area contributed by atoms with Gasteiger partial charge in [0.25, 0.3) is 0 Å². The number of benzene rings is 2. The summed E-state index contributed by atoms with van der Waals surface area (Å²) in [6, 6.07) is 13.1. The molecule has 5 nitrogen and oxygen atoms in total. The third kappa shape index (κ3) is 5.37. The van der Waals surface area contributed by atoms with E-state index in [4.69, 9.17) is 37.9 Å². The number of hydrogen-bond donors (Lipinski definition) is 1. The van der Waals surface area contributed by atoms with Gasteiger partial charge in [0.1, 0.15) is 18.1 Å². The predicted octanol–water partition coefficient (Wildman–Crippen LogP) is 4.03. The SMILES string of the molecule is N#Cc1ccc(OC(=O)NCCOc2ccc(Cl)cc2Cl)cc1. The Morgan fingerprint density at radius 3 is 2.57 bits per heavy atom. The summed E-state index contributed by atoms with van der Waals surface area (Å²) in [6.07, 6.45) is -0.611. The van der Waals surface area contributed by atoms with Gasteiger partial charge in [-0.05, 0) is 42.5 Å². The van der Waals surface area contributed by atoms with Gasteiger partial charge in [0.15, 0.2) is 0 Å². The van der Waals surface area contributed by atoms with Crippen LogP contribution in [0.2, 0.25) is 10.0 Å². The first kappa shape index (κ1) is 16.9. The van der Waals surface area contributed by atoms with E-state index in [9.17, 15) is 4.79 Å². The van der Waals surface area contributed by atoms with Crippen molar-refractivity contribution in [2.24, 2.45) is 0 Å². The monoisotopic (exact) mass is 350 g/mol. The van der Waals surface area contributed by atoms with E-state index in [1.54, 1.807) is 42.5 Å². The average Bonchev–Trinajstić information content (AvgIpc) is 2.54. The standard InChI is InChI=1S/C16H12Cl2N2O3/c17-12-3-6-15(14(18)9-12)22-8-7-20-16(21)23-13-4-1-11(10-19)2-5-13/h1-6,9H,7-8H2,(H,20,21). The lowest BCUT2D eigenvalue weighted by Crippen LogP contribution is -2.30. The van der Waals surface area contributed by atoms with Crippen molar-refractivity contribution in [1.82, 2.24) is 5.32 Å². The molecule has 2 rings (SSSR count). The number of ether oxygens (including phenoxy) is 2. The van der Waals surface area contributed by atoms with Gasteiger partial charge < -0.3 is 14.8 Å². The summed E-state index contributed by atoms with van der Waals surface area (Å²) >= 11 is 11.7. The Hall–Kier alpha value is -2.42. The van der Waals surface area contributed by atoms with Crippen LogP contribution in [0.15, 0.2) is 42.5 Å². The molecule has 0 fully saturated rings. The highest BCUT2D eigenvalue weighted by atomic mass is 35.5. The molecule has 1 N–H and O–H groups in total. The Morgan fingerprint density at radius 2 is 1.91 bits per heavy atom. The maximum absolute atomic E-state index is 11.6. The summed E-state index contributed by atoms with van der Waals surface area (Å²) in [5.41, 5.74) is 0.492. The third-order valence-corrected chi connectivity index (χ3v) is 3.25. The Kier molecular flexibility index (Phi) is 6.10. The van der Waals surface area contributed by atoms with Crippen molar-refractivity contribution in [1.29, 1.82) is 5.26 Å². The fourth-order valence-corrected chi connectivity index (χ4v) is 2.11. The van der Waals surface area contributed by atoms with Gasteiger partial charge >= 0.3 is 6.09 Å². The molecule has 0 spiro atoms. The van der Waals surface area contributed by atoms with Crippen LogP contribution in [0.5, 0.6) is 11.5 Å². The molecule has 0 aromatic heterocycles. The molecular weight excluding hydrogens is 339 g/mol. The predicted molar refractivity (Wildman–Crippen MR) is 87.1 cm³/mol. The van der Waals surface area contributed by atoms with Crippen molar-refractivity contribution in [3.63, 3.8) is 0 Å². The molecule has 0 unspecified atom stereocenters. The Morgan fingerprint density at radius 1 is 1.17 bits per heavy atom. The number of halogens is 2. The lowest BCUT2D eigenvalue weighted by atomic mass is 10.2. The zero-order valence-electron chi connectivity index (χ0n) is 11.9. The number of rotatable bonds is 5. The van der Waals surface area contributed by atoms with Crippen molar-refractivity contribution >= 4 is 29.3 Å². The highest BCUT2D eigenvalue weighted by Crippen LogP contribution is 2.27. The molecule has 118 valence electrons. The lowest BCUT2D eigenvalue weighted by molar-refractivity contribution is 0.197. The molecule has 0 saturated heterocycles. The molecule has 0 aliphatic carbocycles. The molecule has 0 aliphatic rings. The summed E-state index contributed by atoms with van der Waals surface area (Å²) in [7, 11) is 0. The summed E-state index contributed by atoms with van der Waals surface area (Å²) in [5, 5.41) is 12.1. The van der Waals surface area contributed by atoms with Crippen molar-refractivity contribution in [3.05, 3.63) is 58.1 Å². The van der Waals surface area contributed by atoms with E-state index in [0.717, 1.165) is 0 Å². The number of nitriles is 1. The molecule has 0 atom stereocenters. The smallest absolute Gasteiger partial charge is 0.412 e. The van der Waals surface area contributed by atoms with E-state index < -0.39 is 6.09 Å². The molecule has 0 radical (unpaired) electrons. The van der Waals surface area contributed by atoms with Gasteiger partial charge in [-0.3, -0.25) is 0 Å². The van der Waals surface area contributed by atoms with Crippen molar-refractivity contribution in [2.75, 3.05) is 13.2 Å². The highest BCUT2D eigenvalue weighted by Gasteiger charge is 2.05. The van der Waals surface area contributed by atoms with Gasteiger partial charge in [-0.25, -0.2) is 4.79 Å². The topological polar surface area (TPSA) is 71.3 Å². The van der Waals surface area contributed by atoms with E-state index >= 15 is 0 Å². The molecular formula is C16H12Cl2N2O3. The lowest BCUT2D eigenvalue weighted by Gasteiger charge is -2.09. The zero-order valence-corrected chi connectivity index (χ0v) is 13.4. The van der Waals surface area contributed by atoms with Gasteiger partial charge in [-0.15, -0.1) is 0 Å². The van der Waals surface area contributed by atoms with Crippen molar-refractivity contribution in [3.8, 4) is 17.6 Å². The normalized spacial score (nSPS) is 9.78. The quantitative estimate of drug-likeness (QED) is 0.826. The van der Waals surface area contributed by atoms with Gasteiger partial charge in [0, 0.05) is 5.02 Å². The van der Waals surface area contributed by atoms with Gasteiger partial charge in [-0.2, -0.15) is 5.26 Å². The molecule has 23 heavy (non-hydrogen) atoms. The number of carbonyl (C=O) groups is 1. The maximum atomic E-state index is 11.6. The van der Waals surface area contributed by atoms with Crippen LogP contribution in [0, 0.1) is 11.3 Å². The average molecular weight is 351 g/mol. The molecule has 0 bridgehead atoms. The first-order valence-electron chi connectivity index (χ1n) is 6.62. The van der Waals surface area contributed by atoms with Crippen LogP contribution in [0.25, 0.3) is 0 Å². The fourth-order valence-electron chi connectivity index (χ4n) is 1.65. The van der Waals surface area contributed by atoms with E-state index in [1.807, 2.05) is 6.07 Å². The molecule has 2 aromatic rings. The third-order valence-electron chi connectivity index (χ3n) is 2.72. The number of nitrogens with one attached hydrogen (secondary N) is 1. The first-order valence-corrected chi connectivity index (χ1v) is 7.38. The van der Waals surface area contributed by atoms with Crippen molar-refractivity contribution in [2.45, 2.75) is 0 Å². The van der Waals surface area contributed by atoms with Gasteiger partial charge in [-0.1, -0.05) is 23.2 Å². The van der Waals surface area contributed by atoms with Crippen molar-refractivity contribution < 1.29 is 14.3 Å². The molecule has 0 heterocycles. The Labute approximate surface area is 143 Å². The van der Waals surface area contributed by atoms with Gasteiger partial charge in [0.05, 0.1) is 23.2 Å². The summed E-state index contributed by atoms with van der Waals surface area (Å²) in [6.45, 7) is 0.470. The maximum Gasteiger partial charge on any atom is 0.412 e. The van der Waals surface area contributed by atoms with E-state index in [0.29, 0.717) is 27.1 Å². The largest absolute Gasteiger partial charge is 0.490 e. The van der Waals surface area contributed by atoms with E-state index in [2.05, 4.69) is 5.32 Å². The Balaban J connectivity index is 1.73. The molecule has 7 heteroatoms. The van der Waals surface area contributed by atoms with Crippen LogP contribution in [0.3, 0.4) is 0 Å². The minimum absolute atomic E-state index is 0.226. The van der Waals surface area contributed by atoms with Crippen LogP contribution in [-0.2, 0) is 0 Å². The van der Waals surface area contributed by atoms with Crippen LogP contribution in [0.4, 0.5) is 4.79 Å². The highest BCUT2D eigenvalue weighted by molar-refractivity contribution is 6.35. The fraction of sp³-hybridized carbons (Fsp3) is 0.125. The number of carbonyl (C=O) groups excluding carboxylic acids is 1. The van der Waals surface area contributed by atoms with E-state index in [-0.39, 0.29) is 13.2 Å². The minimum Gasteiger partial charge on any atom is -0.490 e.